The number of rotatable bonds is 9. The van der Waals surface area contributed by atoms with E-state index in [1.165, 1.54) is 12.1 Å². The summed E-state index contributed by atoms with van der Waals surface area (Å²) in [6, 6.07) is 23.7. The Hall–Kier alpha value is -3.50. The fraction of sp³-hybridized carbons (Fsp3) is 0.276. The topological polar surface area (TPSA) is 125 Å². The van der Waals surface area contributed by atoms with Crippen LogP contribution >= 0.6 is 0 Å². The molecule has 8 nitrogen and oxygen atoms in total. The van der Waals surface area contributed by atoms with Crippen molar-refractivity contribution in [3.05, 3.63) is 90.3 Å². The average molecular weight is 535 g/mol. The molecule has 2 unspecified atom stereocenters. The predicted octanol–water partition coefficient (Wildman–Crippen LogP) is 4.88. The van der Waals surface area contributed by atoms with E-state index in [9.17, 15) is 13.5 Å². The highest BCUT2D eigenvalue weighted by atomic mass is 32.2. The van der Waals surface area contributed by atoms with Gasteiger partial charge in [0.15, 0.2) is 11.7 Å². The van der Waals surface area contributed by atoms with Crippen molar-refractivity contribution in [2.45, 2.75) is 42.8 Å². The van der Waals surface area contributed by atoms with Gasteiger partial charge in [-0.2, -0.15) is 0 Å². The van der Waals surface area contributed by atoms with Gasteiger partial charge in [-0.3, -0.25) is 0 Å². The first-order chi connectivity index (χ1) is 18.4. The zero-order chi connectivity index (χ0) is 26.5. The number of nitrogens with zero attached hydrogens (tertiary/aromatic N) is 1. The molecule has 2 atom stereocenters. The molecule has 1 fully saturated rings. The van der Waals surface area contributed by atoms with Crippen LogP contribution in [0.4, 0.5) is 0 Å². The Balaban J connectivity index is 1.27. The van der Waals surface area contributed by atoms with Crippen molar-refractivity contribution in [1.82, 2.24) is 4.98 Å². The predicted molar refractivity (Wildman–Crippen MR) is 143 cm³/mol. The molecule has 0 spiro atoms. The van der Waals surface area contributed by atoms with Gasteiger partial charge in [-0.1, -0.05) is 42.5 Å². The number of ether oxygens (including phenoxy) is 2. The molecule has 3 aromatic carbocycles. The summed E-state index contributed by atoms with van der Waals surface area (Å²) in [6.07, 6.45) is 2.04. The van der Waals surface area contributed by atoms with Gasteiger partial charge in [-0.05, 0) is 54.8 Å². The quantitative estimate of drug-likeness (QED) is 0.293. The molecule has 1 aliphatic rings. The van der Waals surface area contributed by atoms with E-state index in [0.29, 0.717) is 61.8 Å². The standard InChI is InChI=1S/C29H30N2O6S/c30-38(33,34)25-13-11-21(12-14-25)29-28(20-6-2-1-3-7-20)31-27(37-29)10-5-16-35-24-9-4-8-22(18-24)26-19-23(32)15-17-36-26/h1-4,6-9,11-14,18,23,26,32H,5,10,15-17,19H2,(H2,30,33,34). The lowest BCUT2D eigenvalue weighted by Crippen LogP contribution is -2.23. The minimum absolute atomic E-state index is 0.0368. The van der Waals surface area contributed by atoms with E-state index in [-0.39, 0.29) is 17.1 Å². The number of aromatic nitrogens is 1. The van der Waals surface area contributed by atoms with Gasteiger partial charge in [0.05, 0.1) is 23.7 Å². The van der Waals surface area contributed by atoms with Crippen LogP contribution in [-0.2, 0) is 21.2 Å². The second kappa shape index (κ2) is 11.5. The molecule has 198 valence electrons. The van der Waals surface area contributed by atoms with E-state index in [0.717, 1.165) is 16.9 Å². The molecule has 1 aliphatic heterocycles. The molecular weight excluding hydrogens is 504 g/mol. The number of hydrogen-bond acceptors (Lipinski definition) is 7. The second-order valence-corrected chi connectivity index (χ2v) is 10.8. The van der Waals surface area contributed by atoms with Crippen LogP contribution in [0.2, 0.25) is 0 Å². The maximum absolute atomic E-state index is 11.6. The van der Waals surface area contributed by atoms with Gasteiger partial charge in [-0.15, -0.1) is 0 Å². The van der Waals surface area contributed by atoms with Crippen molar-refractivity contribution in [2.75, 3.05) is 13.2 Å². The Bertz CT molecular complexity index is 1470. The maximum atomic E-state index is 11.6. The van der Waals surface area contributed by atoms with Crippen LogP contribution < -0.4 is 9.88 Å². The van der Waals surface area contributed by atoms with Gasteiger partial charge in [0.25, 0.3) is 0 Å². The number of oxazole rings is 1. The molecule has 1 aromatic heterocycles. The van der Waals surface area contributed by atoms with Crippen LogP contribution in [0.5, 0.6) is 5.75 Å². The first-order valence-electron chi connectivity index (χ1n) is 12.6. The van der Waals surface area contributed by atoms with Gasteiger partial charge < -0.3 is 19.0 Å². The normalized spacial score (nSPS) is 17.8. The molecule has 0 amide bonds. The zero-order valence-corrected chi connectivity index (χ0v) is 21.6. The molecule has 0 radical (unpaired) electrons. The molecule has 1 saturated heterocycles. The summed E-state index contributed by atoms with van der Waals surface area (Å²) in [7, 11) is -3.79. The highest BCUT2D eigenvalue weighted by Crippen LogP contribution is 2.34. The van der Waals surface area contributed by atoms with Crippen LogP contribution in [-0.4, -0.2) is 37.8 Å². The third kappa shape index (κ3) is 6.31. The van der Waals surface area contributed by atoms with E-state index in [2.05, 4.69) is 0 Å². The summed E-state index contributed by atoms with van der Waals surface area (Å²) in [6.45, 7) is 1.02. The Labute approximate surface area is 222 Å². The van der Waals surface area contributed by atoms with Crippen molar-refractivity contribution >= 4 is 10.0 Å². The highest BCUT2D eigenvalue weighted by molar-refractivity contribution is 7.89. The van der Waals surface area contributed by atoms with E-state index in [1.807, 2.05) is 54.6 Å². The SMILES string of the molecule is NS(=O)(=O)c1ccc(-c2oc(CCCOc3cccc(C4CC(O)CCO4)c3)nc2-c2ccccc2)cc1. The lowest BCUT2D eigenvalue weighted by Gasteiger charge is -2.27. The lowest BCUT2D eigenvalue weighted by atomic mass is 9.99. The fourth-order valence-corrected chi connectivity index (χ4v) is 5.00. The molecule has 38 heavy (non-hydrogen) atoms. The summed E-state index contributed by atoms with van der Waals surface area (Å²) >= 11 is 0. The number of nitrogens with two attached hydrogens (primary N) is 1. The van der Waals surface area contributed by atoms with Crippen molar-refractivity contribution in [2.24, 2.45) is 5.14 Å². The highest BCUT2D eigenvalue weighted by Gasteiger charge is 2.22. The number of aliphatic hydroxyl groups excluding tert-OH is 1. The number of aryl methyl sites for hydroxylation is 1. The molecule has 0 aliphatic carbocycles. The monoisotopic (exact) mass is 534 g/mol. The lowest BCUT2D eigenvalue weighted by molar-refractivity contribution is -0.0448. The summed E-state index contributed by atoms with van der Waals surface area (Å²) in [5, 5.41) is 15.2. The van der Waals surface area contributed by atoms with E-state index in [4.69, 9.17) is 24.0 Å². The molecule has 9 heteroatoms. The second-order valence-electron chi connectivity index (χ2n) is 9.28. The zero-order valence-electron chi connectivity index (χ0n) is 20.8. The first-order valence-corrected chi connectivity index (χ1v) is 14.1. The van der Waals surface area contributed by atoms with Crippen molar-refractivity contribution in [3.63, 3.8) is 0 Å². The van der Waals surface area contributed by atoms with Crippen molar-refractivity contribution in [3.8, 4) is 28.3 Å². The molecule has 2 heterocycles. The van der Waals surface area contributed by atoms with Gasteiger partial charge in [0, 0.05) is 30.6 Å². The minimum atomic E-state index is -3.79. The van der Waals surface area contributed by atoms with Gasteiger partial charge in [0.2, 0.25) is 10.0 Å². The largest absolute Gasteiger partial charge is 0.494 e. The Morgan fingerprint density at radius 3 is 2.53 bits per heavy atom. The van der Waals surface area contributed by atoms with Gasteiger partial charge in [-0.25, -0.2) is 18.5 Å². The maximum Gasteiger partial charge on any atom is 0.238 e. The summed E-state index contributed by atoms with van der Waals surface area (Å²) in [5.74, 6) is 1.88. The third-order valence-electron chi connectivity index (χ3n) is 6.45. The molecule has 4 aromatic rings. The van der Waals surface area contributed by atoms with E-state index in [1.54, 1.807) is 12.1 Å². The number of hydrogen-bond donors (Lipinski definition) is 2. The molecule has 5 rings (SSSR count). The fourth-order valence-electron chi connectivity index (χ4n) is 4.48. The number of aliphatic hydroxyl groups is 1. The van der Waals surface area contributed by atoms with Crippen LogP contribution in [0.15, 0.2) is 88.2 Å². The third-order valence-corrected chi connectivity index (χ3v) is 7.38. The number of primary sulfonamides is 1. The van der Waals surface area contributed by atoms with Crippen LogP contribution in [0.3, 0.4) is 0 Å². The summed E-state index contributed by atoms with van der Waals surface area (Å²) in [5.41, 5.74) is 3.29. The van der Waals surface area contributed by atoms with Gasteiger partial charge in [0.1, 0.15) is 11.4 Å². The number of sulfonamides is 1. The van der Waals surface area contributed by atoms with Crippen LogP contribution in [0.1, 0.15) is 36.8 Å². The Morgan fingerprint density at radius 1 is 1.00 bits per heavy atom. The van der Waals surface area contributed by atoms with Crippen molar-refractivity contribution < 1.29 is 27.4 Å². The van der Waals surface area contributed by atoms with E-state index < -0.39 is 10.0 Å². The molecule has 0 saturated carbocycles. The minimum Gasteiger partial charge on any atom is -0.494 e. The Kier molecular flexibility index (Phi) is 7.90. The number of benzene rings is 3. The summed E-state index contributed by atoms with van der Waals surface area (Å²) < 4.78 is 41.2. The molecule has 3 N–H and O–H groups in total. The Morgan fingerprint density at radius 2 is 1.79 bits per heavy atom. The first kappa shape index (κ1) is 26.1. The van der Waals surface area contributed by atoms with E-state index >= 15 is 0 Å². The smallest absolute Gasteiger partial charge is 0.238 e. The van der Waals surface area contributed by atoms with Crippen molar-refractivity contribution in [1.29, 1.82) is 0 Å². The van der Waals surface area contributed by atoms with Crippen LogP contribution in [0.25, 0.3) is 22.6 Å². The average Bonchev–Trinajstić information content (AvgIpc) is 3.36. The molecule has 0 bridgehead atoms. The van der Waals surface area contributed by atoms with Crippen LogP contribution in [0, 0.1) is 0 Å². The molecular formula is C29H30N2O6S. The summed E-state index contributed by atoms with van der Waals surface area (Å²) in [4.78, 5) is 4.79. The van der Waals surface area contributed by atoms with Gasteiger partial charge >= 0.3 is 0 Å².